The molecule has 0 saturated carbocycles. The van der Waals surface area contributed by atoms with Crippen molar-refractivity contribution in [1.82, 2.24) is 13.6 Å². The second kappa shape index (κ2) is 6.98. The third-order valence-electron chi connectivity index (χ3n) is 4.36. The fourth-order valence-electron chi connectivity index (χ4n) is 3.03. The van der Waals surface area contributed by atoms with Gasteiger partial charge >= 0.3 is 0 Å². The lowest BCUT2D eigenvalue weighted by Crippen LogP contribution is -2.41. The molecule has 2 aromatic carbocycles. The smallest absolute Gasteiger partial charge is 0.256 e. The van der Waals surface area contributed by atoms with Crippen LogP contribution in [0.4, 0.5) is 0 Å². The van der Waals surface area contributed by atoms with Crippen LogP contribution in [0.15, 0.2) is 42.5 Å². The molecule has 0 atom stereocenters. The number of benzene rings is 2. The lowest BCUT2D eigenvalue weighted by Gasteiger charge is -2.32. The number of nitrogens with zero attached hydrogens (tertiary/aromatic N) is 3. The number of hydrogen-bond acceptors (Lipinski definition) is 5. The summed E-state index contributed by atoms with van der Waals surface area (Å²) in [5.41, 5.74) is 2.09. The maximum absolute atomic E-state index is 12.8. The Bertz CT molecular complexity index is 889. The van der Waals surface area contributed by atoms with Gasteiger partial charge in [-0.05, 0) is 36.4 Å². The largest absolute Gasteiger partial charge is 0.490 e. The van der Waals surface area contributed by atoms with Crippen LogP contribution in [0.1, 0.15) is 23.2 Å². The molecule has 0 unspecified atom stereocenters. The molecule has 0 N–H and O–H groups in total. The number of hydrogen-bond donors (Lipinski definition) is 0. The molecule has 2 heterocycles. The predicted octanol–water partition coefficient (Wildman–Crippen LogP) is 4.03. The van der Waals surface area contributed by atoms with Gasteiger partial charge < -0.3 is 9.64 Å². The maximum Gasteiger partial charge on any atom is 0.256 e. The van der Waals surface area contributed by atoms with E-state index in [4.69, 9.17) is 16.3 Å². The number of carbonyl (C=O) groups excluding carboxylic acids is 1. The summed E-state index contributed by atoms with van der Waals surface area (Å²) in [6.07, 6.45) is 1.72. The number of halogens is 1. The highest BCUT2D eigenvalue weighted by Crippen LogP contribution is 2.23. The SMILES string of the molecule is O=C(c1cccc2nsnc12)N1CCC(Oc2ccc(Cl)cc2)CC1. The van der Waals surface area contributed by atoms with Crippen LogP contribution in [0.25, 0.3) is 11.0 Å². The van der Waals surface area contributed by atoms with E-state index in [0.29, 0.717) is 29.2 Å². The van der Waals surface area contributed by atoms with Crippen LogP contribution in [0.5, 0.6) is 5.75 Å². The molecule has 0 aliphatic carbocycles. The Kier molecular flexibility index (Phi) is 4.55. The number of ether oxygens (including phenoxy) is 1. The lowest BCUT2D eigenvalue weighted by molar-refractivity contribution is 0.0597. The van der Waals surface area contributed by atoms with Gasteiger partial charge in [0.15, 0.2) is 0 Å². The van der Waals surface area contributed by atoms with E-state index >= 15 is 0 Å². The van der Waals surface area contributed by atoms with E-state index in [-0.39, 0.29) is 12.0 Å². The van der Waals surface area contributed by atoms with Gasteiger partial charge in [0.05, 0.1) is 17.3 Å². The van der Waals surface area contributed by atoms with Crippen LogP contribution in [-0.2, 0) is 0 Å². The van der Waals surface area contributed by atoms with E-state index in [9.17, 15) is 4.79 Å². The molecule has 25 heavy (non-hydrogen) atoms. The standard InChI is InChI=1S/C18H16ClN3O2S/c19-12-4-6-13(7-5-12)24-14-8-10-22(11-9-14)18(23)15-2-1-3-16-17(15)21-25-20-16/h1-7,14H,8-11H2. The molecule has 1 fully saturated rings. The summed E-state index contributed by atoms with van der Waals surface area (Å²) in [7, 11) is 0. The molecule has 0 radical (unpaired) electrons. The summed E-state index contributed by atoms with van der Waals surface area (Å²) in [6, 6.07) is 12.9. The molecule has 7 heteroatoms. The Hall–Kier alpha value is -2.18. The maximum atomic E-state index is 12.8. The van der Waals surface area contributed by atoms with E-state index in [1.165, 1.54) is 0 Å². The summed E-state index contributed by atoms with van der Waals surface area (Å²) >= 11 is 7.02. The Labute approximate surface area is 154 Å². The average molecular weight is 374 g/mol. The molecule has 1 saturated heterocycles. The molecule has 0 bridgehead atoms. The highest BCUT2D eigenvalue weighted by Gasteiger charge is 2.26. The van der Waals surface area contributed by atoms with Crippen LogP contribution < -0.4 is 4.74 Å². The molecular weight excluding hydrogens is 358 g/mol. The van der Waals surface area contributed by atoms with Gasteiger partial charge in [-0.25, -0.2) is 0 Å². The summed E-state index contributed by atoms with van der Waals surface area (Å²) < 4.78 is 14.4. The quantitative estimate of drug-likeness (QED) is 0.695. The van der Waals surface area contributed by atoms with Crippen molar-refractivity contribution >= 4 is 40.3 Å². The van der Waals surface area contributed by atoms with Gasteiger partial charge in [0.25, 0.3) is 5.91 Å². The van der Waals surface area contributed by atoms with Crippen LogP contribution in [0, 0.1) is 0 Å². The van der Waals surface area contributed by atoms with Gasteiger partial charge in [-0.1, -0.05) is 17.7 Å². The monoisotopic (exact) mass is 373 g/mol. The molecule has 128 valence electrons. The van der Waals surface area contributed by atoms with Crippen LogP contribution in [0.2, 0.25) is 5.02 Å². The number of rotatable bonds is 3. The number of carbonyl (C=O) groups is 1. The topological polar surface area (TPSA) is 55.3 Å². The van der Waals surface area contributed by atoms with Gasteiger partial charge in [-0.15, -0.1) is 0 Å². The molecular formula is C18H16ClN3O2S. The zero-order valence-corrected chi connectivity index (χ0v) is 15.0. The fourth-order valence-corrected chi connectivity index (χ4v) is 3.71. The molecule has 1 amide bonds. The average Bonchev–Trinajstić information content (AvgIpc) is 3.12. The Balaban J connectivity index is 1.40. The highest BCUT2D eigenvalue weighted by molar-refractivity contribution is 7.00. The number of aromatic nitrogens is 2. The Morgan fingerprint density at radius 1 is 1.12 bits per heavy atom. The van der Waals surface area contributed by atoms with Crippen molar-refractivity contribution in [1.29, 1.82) is 0 Å². The van der Waals surface area contributed by atoms with Crippen LogP contribution in [-0.4, -0.2) is 38.7 Å². The Morgan fingerprint density at radius 3 is 2.64 bits per heavy atom. The summed E-state index contributed by atoms with van der Waals surface area (Å²) in [5, 5.41) is 0.693. The van der Waals surface area contributed by atoms with Gasteiger partial charge in [-0.2, -0.15) is 8.75 Å². The first-order valence-corrected chi connectivity index (χ1v) is 9.24. The number of piperidine rings is 1. The van der Waals surface area contributed by atoms with Gasteiger partial charge in [0, 0.05) is 31.0 Å². The number of likely N-dealkylation sites (tertiary alicyclic amines) is 1. The predicted molar refractivity (Wildman–Crippen MR) is 98.4 cm³/mol. The first-order chi connectivity index (χ1) is 12.2. The minimum Gasteiger partial charge on any atom is -0.490 e. The van der Waals surface area contributed by atoms with Gasteiger partial charge in [-0.3, -0.25) is 4.79 Å². The molecule has 3 aromatic rings. The summed E-state index contributed by atoms with van der Waals surface area (Å²) in [4.78, 5) is 14.7. The van der Waals surface area contributed by atoms with E-state index in [1.807, 2.05) is 47.4 Å². The van der Waals surface area contributed by atoms with E-state index in [1.54, 1.807) is 0 Å². The van der Waals surface area contributed by atoms with E-state index in [0.717, 1.165) is 35.8 Å². The Morgan fingerprint density at radius 2 is 1.88 bits per heavy atom. The highest BCUT2D eigenvalue weighted by atomic mass is 35.5. The molecule has 0 spiro atoms. The summed E-state index contributed by atoms with van der Waals surface area (Å²) in [6.45, 7) is 1.34. The van der Waals surface area contributed by atoms with Crippen molar-refractivity contribution in [3.8, 4) is 5.75 Å². The first-order valence-electron chi connectivity index (χ1n) is 8.13. The first kappa shape index (κ1) is 16.3. The molecule has 5 nitrogen and oxygen atoms in total. The molecule has 1 aliphatic heterocycles. The molecule has 1 aliphatic rings. The molecule has 1 aromatic heterocycles. The third kappa shape index (κ3) is 3.45. The van der Waals surface area contributed by atoms with E-state index in [2.05, 4.69) is 8.75 Å². The third-order valence-corrected chi connectivity index (χ3v) is 5.16. The van der Waals surface area contributed by atoms with Gasteiger partial charge in [0.2, 0.25) is 0 Å². The van der Waals surface area contributed by atoms with Crippen molar-refractivity contribution < 1.29 is 9.53 Å². The molecule has 4 rings (SSSR count). The lowest BCUT2D eigenvalue weighted by atomic mass is 10.1. The summed E-state index contributed by atoms with van der Waals surface area (Å²) in [5.74, 6) is 0.829. The number of fused-ring (bicyclic) bond motifs is 1. The van der Waals surface area contributed by atoms with Crippen LogP contribution >= 0.6 is 23.3 Å². The second-order valence-corrected chi connectivity index (χ2v) is 6.97. The zero-order chi connectivity index (χ0) is 17.2. The van der Waals surface area contributed by atoms with E-state index < -0.39 is 0 Å². The van der Waals surface area contributed by atoms with Crippen LogP contribution in [0.3, 0.4) is 0 Å². The minimum atomic E-state index is 0.0169. The number of amides is 1. The normalized spacial score (nSPS) is 15.5. The van der Waals surface area contributed by atoms with Gasteiger partial charge in [0.1, 0.15) is 22.9 Å². The zero-order valence-electron chi connectivity index (χ0n) is 13.4. The van der Waals surface area contributed by atoms with Crippen molar-refractivity contribution in [2.75, 3.05) is 13.1 Å². The fraction of sp³-hybridized carbons (Fsp3) is 0.278. The van der Waals surface area contributed by atoms with Crippen molar-refractivity contribution in [3.63, 3.8) is 0 Å². The van der Waals surface area contributed by atoms with Crippen molar-refractivity contribution in [3.05, 3.63) is 53.1 Å². The van der Waals surface area contributed by atoms with Crippen molar-refractivity contribution in [2.45, 2.75) is 18.9 Å². The second-order valence-electron chi connectivity index (χ2n) is 6.00. The minimum absolute atomic E-state index is 0.0169. The van der Waals surface area contributed by atoms with Crippen molar-refractivity contribution in [2.24, 2.45) is 0 Å².